The Morgan fingerprint density at radius 1 is 1.21 bits per heavy atom. The highest BCUT2D eigenvalue weighted by Crippen LogP contribution is 2.24. The number of halogens is 1. The minimum atomic E-state index is -0.264. The van der Waals surface area contributed by atoms with Gasteiger partial charge < -0.3 is 14.3 Å². The molecule has 0 unspecified atom stereocenters. The van der Waals surface area contributed by atoms with Gasteiger partial charge in [-0.25, -0.2) is 14.4 Å². The average molecular weight is 460 g/mol. The van der Waals surface area contributed by atoms with Crippen molar-refractivity contribution in [3.8, 4) is 5.88 Å². The number of carbonyl (C=O) groups excluding carboxylic acids is 1. The Hall–Kier alpha value is -3.78. The van der Waals surface area contributed by atoms with E-state index in [0.29, 0.717) is 17.1 Å². The zero-order valence-electron chi connectivity index (χ0n) is 19.2. The number of nitrogens with zero attached hydrogens (tertiary/aromatic N) is 4. The molecule has 8 heteroatoms. The minimum Gasteiger partial charge on any atom is -0.473 e. The molecule has 3 aromatic heterocycles. The van der Waals surface area contributed by atoms with Crippen molar-refractivity contribution in [1.82, 2.24) is 24.4 Å². The van der Waals surface area contributed by atoms with Crippen LogP contribution in [0.4, 0.5) is 4.39 Å². The summed E-state index contributed by atoms with van der Waals surface area (Å²) in [6, 6.07) is 12.6. The number of benzene rings is 1. The Kier molecular flexibility index (Phi) is 5.98. The van der Waals surface area contributed by atoms with Gasteiger partial charge in [-0.05, 0) is 42.7 Å². The summed E-state index contributed by atoms with van der Waals surface area (Å²) in [7, 11) is 1.96. The lowest BCUT2D eigenvalue weighted by Gasteiger charge is -2.25. The van der Waals surface area contributed by atoms with Gasteiger partial charge in [0, 0.05) is 31.8 Å². The van der Waals surface area contributed by atoms with Gasteiger partial charge in [0.05, 0.1) is 17.9 Å². The predicted molar refractivity (Wildman–Crippen MR) is 128 cm³/mol. The Bertz CT molecular complexity index is 1390. The first-order chi connectivity index (χ1) is 16.5. The van der Waals surface area contributed by atoms with Crippen LogP contribution in [0.3, 0.4) is 0 Å². The van der Waals surface area contributed by atoms with Crippen molar-refractivity contribution in [3.05, 3.63) is 82.7 Å². The summed E-state index contributed by atoms with van der Waals surface area (Å²) >= 11 is 0. The van der Waals surface area contributed by atoms with Crippen molar-refractivity contribution >= 4 is 23.0 Å². The molecule has 0 bridgehead atoms. The first-order valence-corrected chi connectivity index (χ1v) is 11.3. The van der Waals surface area contributed by atoms with Gasteiger partial charge in [-0.15, -0.1) is 0 Å². The molecule has 0 atom stereocenters. The topological polar surface area (TPSA) is 76.0 Å². The fourth-order valence-electron chi connectivity index (χ4n) is 4.22. The molecular formula is C26H26FN5O2. The van der Waals surface area contributed by atoms with Crippen molar-refractivity contribution in [1.29, 1.82) is 0 Å². The van der Waals surface area contributed by atoms with Gasteiger partial charge in [0.1, 0.15) is 29.4 Å². The number of H-pyrrole nitrogens is 1. The molecule has 4 heterocycles. The summed E-state index contributed by atoms with van der Waals surface area (Å²) in [6.45, 7) is 4.39. The van der Waals surface area contributed by atoms with Crippen LogP contribution in [0.15, 0.2) is 48.5 Å². The summed E-state index contributed by atoms with van der Waals surface area (Å²) < 4.78 is 21.9. The number of pyridine rings is 1. The normalized spacial score (nSPS) is 14.4. The van der Waals surface area contributed by atoms with Crippen molar-refractivity contribution in [3.63, 3.8) is 0 Å². The number of aromatic nitrogens is 4. The third-order valence-electron chi connectivity index (χ3n) is 6.19. The van der Waals surface area contributed by atoms with Crippen molar-refractivity contribution in [2.24, 2.45) is 7.05 Å². The van der Waals surface area contributed by atoms with Gasteiger partial charge in [0.2, 0.25) is 5.88 Å². The van der Waals surface area contributed by atoms with Gasteiger partial charge in [-0.3, -0.25) is 9.69 Å². The number of fused-ring (bicyclic) bond motifs is 1. The van der Waals surface area contributed by atoms with Gasteiger partial charge >= 0.3 is 0 Å². The number of nitrogens with one attached hydrogen (secondary N) is 1. The fourth-order valence-corrected chi connectivity index (χ4v) is 4.22. The van der Waals surface area contributed by atoms with E-state index >= 15 is 0 Å². The van der Waals surface area contributed by atoms with E-state index in [9.17, 15) is 9.18 Å². The summed E-state index contributed by atoms with van der Waals surface area (Å²) in [5, 5.41) is 0. The lowest BCUT2D eigenvalue weighted by Crippen LogP contribution is -2.29. The first-order valence-electron chi connectivity index (χ1n) is 11.3. The summed E-state index contributed by atoms with van der Waals surface area (Å²) in [6.07, 6.45) is 3.85. The first kappa shape index (κ1) is 22.0. The highest BCUT2D eigenvalue weighted by Gasteiger charge is 2.18. The summed E-state index contributed by atoms with van der Waals surface area (Å²) in [5.41, 5.74) is 5.65. The van der Waals surface area contributed by atoms with Crippen LogP contribution < -0.4 is 4.74 Å². The number of hydrogen-bond acceptors (Lipinski definition) is 5. The van der Waals surface area contributed by atoms with Gasteiger partial charge in [-0.2, -0.15) is 0 Å². The van der Waals surface area contributed by atoms with Crippen molar-refractivity contribution in [2.75, 3.05) is 13.1 Å². The molecular weight excluding hydrogens is 433 g/mol. The number of aryl methyl sites for hydroxylation is 2. The monoisotopic (exact) mass is 459 g/mol. The second-order valence-electron chi connectivity index (χ2n) is 8.62. The highest BCUT2D eigenvalue weighted by atomic mass is 19.1. The maximum absolute atomic E-state index is 14.1. The van der Waals surface area contributed by atoms with E-state index in [1.165, 1.54) is 11.6 Å². The Balaban J connectivity index is 1.23. The molecule has 34 heavy (non-hydrogen) atoms. The second kappa shape index (κ2) is 9.23. The molecule has 0 radical (unpaired) electrons. The van der Waals surface area contributed by atoms with Crippen LogP contribution in [-0.4, -0.2) is 43.8 Å². The summed E-state index contributed by atoms with van der Waals surface area (Å²) in [4.78, 5) is 25.7. The van der Waals surface area contributed by atoms with Crippen LogP contribution in [0.25, 0.3) is 16.7 Å². The van der Waals surface area contributed by atoms with Crippen molar-refractivity contribution in [2.45, 2.75) is 26.5 Å². The predicted octanol–water partition coefficient (Wildman–Crippen LogP) is 4.42. The molecule has 1 aromatic carbocycles. The molecule has 7 nitrogen and oxygen atoms in total. The lowest BCUT2D eigenvalue weighted by atomic mass is 10.0. The quantitative estimate of drug-likeness (QED) is 0.414. The number of rotatable bonds is 7. The minimum absolute atomic E-state index is 0.140. The van der Waals surface area contributed by atoms with Crippen molar-refractivity contribution < 1.29 is 13.9 Å². The molecule has 174 valence electrons. The van der Waals surface area contributed by atoms with Crippen LogP contribution in [-0.2, 0) is 20.2 Å². The van der Waals surface area contributed by atoms with Crippen LogP contribution >= 0.6 is 0 Å². The van der Waals surface area contributed by atoms with Gasteiger partial charge in [-0.1, -0.05) is 24.3 Å². The molecule has 1 N–H and O–H groups in total. The lowest BCUT2D eigenvalue weighted by molar-refractivity contribution is 0.111. The molecule has 1 aliphatic rings. The average Bonchev–Trinajstić information content (AvgIpc) is 3.38. The van der Waals surface area contributed by atoms with E-state index in [1.54, 1.807) is 18.2 Å². The molecule has 0 saturated heterocycles. The smallest absolute Gasteiger partial charge is 0.214 e. The Morgan fingerprint density at radius 3 is 2.82 bits per heavy atom. The van der Waals surface area contributed by atoms with Crippen LogP contribution in [0.5, 0.6) is 5.88 Å². The van der Waals surface area contributed by atoms with E-state index in [0.717, 1.165) is 60.6 Å². The maximum atomic E-state index is 14.1. The molecule has 0 amide bonds. The second-order valence-corrected chi connectivity index (χ2v) is 8.62. The third kappa shape index (κ3) is 4.49. The third-order valence-corrected chi connectivity index (χ3v) is 6.19. The SMILES string of the molecule is Cc1ccc(COc2cccc(C3=CCN(Cc4nc5cc(C=O)[nH]c5n4C)CC3)n2)c(F)c1. The van der Waals surface area contributed by atoms with E-state index in [-0.39, 0.29) is 12.4 Å². The van der Waals surface area contributed by atoms with E-state index in [4.69, 9.17) is 4.74 Å². The Morgan fingerprint density at radius 2 is 2.09 bits per heavy atom. The maximum Gasteiger partial charge on any atom is 0.214 e. The van der Waals surface area contributed by atoms with E-state index in [1.807, 2.05) is 36.7 Å². The fraction of sp³-hybridized carbons (Fsp3) is 0.269. The number of aromatic amines is 1. The zero-order chi connectivity index (χ0) is 23.7. The number of aldehydes is 1. The Labute approximate surface area is 196 Å². The summed E-state index contributed by atoms with van der Waals surface area (Å²) in [5.74, 6) is 1.17. The van der Waals surface area contributed by atoms with Crippen LogP contribution in [0, 0.1) is 12.7 Å². The highest BCUT2D eigenvalue weighted by molar-refractivity contribution is 5.84. The van der Waals surface area contributed by atoms with E-state index in [2.05, 4.69) is 25.9 Å². The van der Waals surface area contributed by atoms with Gasteiger partial charge in [0.15, 0.2) is 6.29 Å². The number of ether oxygens (including phenoxy) is 1. The molecule has 0 aliphatic carbocycles. The van der Waals surface area contributed by atoms with Crippen LogP contribution in [0.1, 0.15) is 39.6 Å². The number of imidazole rings is 1. The molecule has 5 rings (SSSR count). The molecule has 4 aromatic rings. The van der Waals surface area contributed by atoms with Gasteiger partial charge in [0.25, 0.3) is 0 Å². The van der Waals surface area contributed by atoms with E-state index < -0.39 is 0 Å². The zero-order valence-corrected chi connectivity index (χ0v) is 19.2. The largest absolute Gasteiger partial charge is 0.473 e. The molecule has 0 saturated carbocycles. The molecule has 0 spiro atoms. The number of carbonyl (C=O) groups is 1. The molecule has 0 fully saturated rings. The van der Waals surface area contributed by atoms with Crippen LogP contribution in [0.2, 0.25) is 0 Å². The molecule has 1 aliphatic heterocycles. The standard InChI is InChI=1S/C26H26FN5O2/c1-17-6-7-19(21(27)12-17)16-34-25-5-3-4-22(30-25)18-8-10-32(11-9-18)14-24-29-23-13-20(15-33)28-26(23)31(24)2/h3-8,12-13,15,28H,9-11,14,16H2,1-2H3. The number of hydrogen-bond donors (Lipinski definition) is 1.